The van der Waals surface area contributed by atoms with E-state index in [1.54, 1.807) is 13.1 Å². The maximum absolute atomic E-state index is 14.8. The van der Waals surface area contributed by atoms with Gasteiger partial charge in [0.05, 0.1) is 47.9 Å². The fraction of sp³-hybridized carbons (Fsp3) is 0.643. The Bertz CT molecular complexity index is 2080. The maximum Gasteiger partial charge on any atom is 0.427 e. The minimum absolute atomic E-state index is 0.0114. The van der Waals surface area contributed by atoms with E-state index in [0.29, 0.717) is 43.2 Å². The SMILES string of the molecule is C[C@H]1CC/C=C\[C@@H]2C[C@@]2(C(=O)NS(=O)(=O)C2CC2)CC(=O)[C@@H]2C[C@@H](Oc3ncc(OC4CC4)c4ccccc34)CN2C(=O)[C@@H](CC(=O)OC(C)(C)C(F)(F)F)[C@H](C)C1. The minimum atomic E-state index is -4.86. The number of halogens is 3. The lowest BCUT2D eigenvalue weighted by Crippen LogP contribution is -2.48. The summed E-state index contributed by atoms with van der Waals surface area (Å²) < 4.78 is 86.9. The highest BCUT2D eigenvalue weighted by atomic mass is 32.2. The summed E-state index contributed by atoms with van der Waals surface area (Å²) in [6.45, 7) is 5.12. The first-order valence-corrected chi connectivity index (χ1v) is 21.9. The number of sulfonamides is 1. The van der Waals surface area contributed by atoms with Gasteiger partial charge >= 0.3 is 12.1 Å². The van der Waals surface area contributed by atoms with Crippen LogP contribution in [0.15, 0.2) is 42.6 Å². The zero-order chi connectivity index (χ0) is 41.8. The molecule has 12 nitrogen and oxygen atoms in total. The second-order valence-electron chi connectivity index (χ2n) is 17.7. The van der Waals surface area contributed by atoms with Gasteiger partial charge in [-0.05, 0) is 89.0 Å². The molecule has 316 valence electrons. The monoisotopic (exact) mass is 831 g/mol. The van der Waals surface area contributed by atoms with Crippen molar-refractivity contribution in [2.75, 3.05) is 6.54 Å². The third kappa shape index (κ3) is 9.01. The van der Waals surface area contributed by atoms with Gasteiger partial charge in [0, 0.05) is 23.6 Å². The van der Waals surface area contributed by atoms with Gasteiger partial charge in [0.1, 0.15) is 11.9 Å². The molecule has 1 aromatic heterocycles. The highest BCUT2D eigenvalue weighted by molar-refractivity contribution is 7.90. The summed E-state index contributed by atoms with van der Waals surface area (Å²) in [5.74, 6) is -4.26. The Hall–Kier alpha value is -4.21. The number of esters is 1. The molecule has 3 heterocycles. The Kier molecular flexibility index (Phi) is 11.4. The fourth-order valence-electron chi connectivity index (χ4n) is 8.40. The van der Waals surface area contributed by atoms with Crippen LogP contribution in [0.1, 0.15) is 98.3 Å². The Balaban J connectivity index is 1.21. The fourth-order valence-corrected chi connectivity index (χ4v) is 9.79. The van der Waals surface area contributed by atoms with Crippen LogP contribution in [0.4, 0.5) is 13.2 Å². The molecule has 0 spiro atoms. The molecule has 7 rings (SSSR count). The molecule has 1 saturated heterocycles. The van der Waals surface area contributed by atoms with Crippen LogP contribution in [0, 0.1) is 29.1 Å². The summed E-state index contributed by atoms with van der Waals surface area (Å²) in [7, 11) is -3.93. The van der Waals surface area contributed by atoms with Gasteiger partial charge in [-0.25, -0.2) is 13.4 Å². The van der Waals surface area contributed by atoms with Crippen LogP contribution in [0.2, 0.25) is 0 Å². The predicted molar refractivity (Wildman–Crippen MR) is 206 cm³/mol. The van der Waals surface area contributed by atoms with Gasteiger partial charge < -0.3 is 19.1 Å². The van der Waals surface area contributed by atoms with Crippen molar-refractivity contribution in [1.29, 1.82) is 0 Å². The highest BCUT2D eigenvalue weighted by Gasteiger charge is 2.62. The van der Waals surface area contributed by atoms with Crippen LogP contribution in [-0.2, 0) is 33.9 Å². The number of ketones is 1. The Morgan fingerprint density at radius 3 is 2.36 bits per heavy atom. The molecule has 5 aliphatic rings. The lowest BCUT2D eigenvalue weighted by Gasteiger charge is -2.33. The third-order valence-corrected chi connectivity index (χ3v) is 14.2. The summed E-state index contributed by atoms with van der Waals surface area (Å²) in [5.41, 5.74) is -4.16. The number of allylic oxidation sites excluding steroid dienone is 2. The third-order valence-electron chi connectivity index (χ3n) is 12.4. The number of carbonyl (C=O) groups is 4. The van der Waals surface area contributed by atoms with Gasteiger partial charge in [0.2, 0.25) is 33.3 Å². The molecule has 2 amide bonds. The number of carbonyl (C=O) groups excluding carboxylic acids is 4. The summed E-state index contributed by atoms with van der Waals surface area (Å²) >= 11 is 0. The van der Waals surface area contributed by atoms with Crippen molar-refractivity contribution in [3.63, 3.8) is 0 Å². The normalized spacial score (nSPS) is 30.4. The number of rotatable bonds is 10. The highest BCUT2D eigenvalue weighted by Crippen LogP contribution is 2.57. The number of hydrogen-bond donors (Lipinski definition) is 1. The van der Waals surface area contributed by atoms with E-state index in [1.165, 1.54) is 4.90 Å². The summed E-state index contributed by atoms with van der Waals surface area (Å²) in [5, 5.41) is 0.759. The predicted octanol–water partition coefficient (Wildman–Crippen LogP) is 6.60. The van der Waals surface area contributed by atoms with E-state index < -0.39 is 92.4 Å². The summed E-state index contributed by atoms with van der Waals surface area (Å²) in [6.07, 6.45) is 3.53. The van der Waals surface area contributed by atoms with Gasteiger partial charge in [-0.3, -0.25) is 23.9 Å². The number of amides is 2. The van der Waals surface area contributed by atoms with E-state index in [4.69, 9.17) is 14.2 Å². The van der Waals surface area contributed by atoms with E-state index in [9.17, 15) is 40.8 Å². The maximum atomic E-state index is 14.8. The number of nitrogens with zero attached hydrogens (tertiary/aromatic N) is 2. The number of fused-ring (bicyclic) bond motifs is 3. The van der Waals surface area contributed by atoms with Crippen molar-refractivity contribution >= 4 is 44.4 Å². The number of ether oxygens (including phenoxy) is 3. The molecule has 58 heavy (non-hydrogen) atoms. The molecule has 1 aromatic carbocycles. The second-order valence-corrected chi connectivity index (χ2v) is 19.6. The topological polar surface area (TPSA) is 158 Å². The van der Waals surface area contributed by atoms with Crippen molar-refractivity contribution in [1.82, 2.24) is 14.6 Å². The van der Waals surface area contributed by atoms with Crippen LogP contribution in [0.3, 0.4) is 0 Å². The number of hydrogen-bond acceptors (Lipinski definition) is 10. The molecule has 3 saturated carbocycles. The van der Waals surface area contributed by atoms with Gasteiger partial charge in [0.25, 0.3) is 0 Å². The molecule has 1 N–H and O–H groups in total. The van der Waals surface area contributed by atoms with E-state index in [2.05, 4.69) is 9.71 Å². The average Bonchev–Trinajstić information content (AvgIpc) is 4.05. The van der Waals surface area contributed by atoms with Crippen LogP contribution >= 0.6 is 0 Å². The van der Waals surface area contributed by atoms with Crippen molar-refractivity contribution in [2.24, 2.45) is 29.1 Å². The quantitative estimate of drug-likeness (QED) is 0.204. The number of aromatic nitrogens is 1. The molecule has 3 aliphatic carbocycles. The smallest absolute Gasteiger partial charge is 0.427 e. The lowest BCUT2D eigenvalue weighted by molar-refractivity contribution is -0.257. The van der Waals surface area contributed by atoms with E-state index in [0.717, 1.165) is 32.1 Å². The van der Waals surface area contributed by atoms with Crippen LogP contribution in [0.5, 0.6) is 11.6 Å². The standard InChI is InChI=1S/C42H52F3N3O9S/c1-24-9-5-6-10-26-20-41(26,39(52)47-58(53,54)29-15-16-29)21-34(49)33-18-28(56-37-31-12-8-7-11-30(31)35(22-46-37)55-27-13-14-27)23-48(33)38(51)32(25(2)17-24)19-36(50)57-40(3,4)42(43,44)45/h6-8,10-12,22,24-29,32-33H,5,9,13-21,23H2,1-4H3,(H,47,52)/b10-6-/t24-,25+,26+,28+,32-,33-,41+/m0/s1. The number of pyridine rings is 1. The molecule has 0 bridgehead atoms. The molecule has 4 fully saturated rings. The molecule has 16 heteroatoms. The van der Waals surface area contributed by atoms with E-state index in [-0.39, 0.29) is 43.7 Å². The summed E-state index contributed by atoms with van der Waals surface area (Å²) in [4.78, 5) is 62.5. The molecule has 0 unspecified atom stereocenters. The minimum Gasteiger partial charge on any atom is -0.488 e. The van der Waals surface area contributed by atoms with Crippen molar-refractivity contribution < 1.29 is 55.0 Å². The number of nitrogens with one attached hydrogen (secondary N) is 1. The Morgan fingerprint density at radius 1 is 0.983 bits per heavy atom. The van der Waals surface area contributed by atoms with Gasteiger partial charge in [-0.1, -0.05) is 44.2 Å². The lowest BCUT2D eigenvalue weighted by atomic mass is 9.82. The van der Waals surface area contributed by atoms with Crippen molar-refractivity contribution in [3.8, 4) is 11.6 Å². The molecule has 2 aromatic rings. The molecule has 2 aliphatic heterocycles. The van der Waals surface area contributed by atoms with Crippen molar-refractivity contribution in [2.45, 2.75) is 134 Å². The first-order valence-electron chi connectivity index (χ1n) is 20.3. The molecule has 0 radical (unpaired) electrons. The number of benzene rings is 1. The number of Topliss-reactive ketones (excluding diaryl/α,β-unsaturated/α-hetero) is 1. The number of alkyl halides is 3. The first kappa shape index (κ1) is 41.9. The van der Waals surface area contributed by atoms with Crippen molar-refractivity contribution in [3.05, 3.63) is 42.6 Å². The average molecular weight is 832 g/mol. The Morgan fingerprint density at radius 2 is 1.69 bits per heavy atom. The van der Waals surface area contributed by atoms with Crippen LogP contribution < -0.4 is 14.2 Å². The summed E-state index contributed by atoms with van der Waals surface area (Å²) in [6, 6.07) is 6.24. The first-order chi connectivity index (χ1) is 27.3. The Labute approximate surface area is 336 Å². The van der Waals surface area contributed by atoms with Crippen LogP contribution in [0.25, 0.3) is 10.8 Å². The van der Waals surface area contributed by atoms with E-state index in [1.807, 2.05) is 43.3 Å². The van der Waals surface area contributed by atoms with Gasteiger partial charge in [-0.15, -0.1) is 0 Å². The van der Waals surface area contributed by atoms with Crippen LogP contribution in [-0.4, -0.2) is 83.7 Å². The largest absolute Gasteiger partial charge is 0.488 e. The van der Waals surface area contributed by atoms with Gasteiger partial charge in [-0.2, -0.15) is 13.2 Å². The molecular weight excluding hydrogens is 780 g/mol. The zero-order valence-corrected chi connectivity index (χ0v) is 34.1. The molecular formula is C42H52F3N3O9S. The second kappa shape index (κ2) is 15.8. The zero-order valence-electron chi connectivity index (χ0n) is 33.3. The van der Waals surface area contributed by atoms with Gasteiger partial charge in [0.15, 0.2) is 5.78 Å². The van der Waals surface area contributed by atoms with E-state index >= 15 is 0 Å². The molecule has 7 atom stereocenters.